The van der Waals surface area contributed by atoms with E-state index in [9.17, 15) is 4.79 Å². The van der Waals surface area contributed by atoms with E-state index in [-0.39, 0.29) is 12.1 Å². The standard InChI is InChI=1S/C14H12N4O/c15-8-10-7-13(19)18-14(16-10)12-6-5-9-3-1-2-4-11(9)17-12/h1-7H,8,15H2,(H,16,18,19). The highest BCUT2D eigenvalue weighted by atomic mass is 16.1. The molecule has 0 aliphatic heterocycles. The molecule has 0 amide bonds. The van der Waals surface area contributed by atoms with E-state index >= 15 is 0 Å². The maximum atomic E-state index is 11.5. The van der Waals surface area contributed by atoms with Crippen molar-refractivity contribution in [1.82, 2.24) is 15.0 Å². The number of fused-ring (bicyclic) bond motifs is 1. The third-order valence-corrected chi connectivity index (χ3v) is 2.84. The van der Waals surface area contributed by atoms with Crippen molar-refractivity contribution in [3.8, 4) is 11.5 Å². The molecule has 1 aromatic carbocycles. The van der Waals surface area contributed by atoms with Crippen molar-refractivity contribution in [1.29, 1.82) is 0 Å². The van der Waals surface area contributed by atoms with Gasteiger partial charge in [0.25, 0.3) is 5.56 Å². The topological polar surface area (TPSA) is 84.7 Å². The number of nitrogens with two attached hydrogens (primary N) is 1. The summed E-state index contributed by atoms with van der Waals surface area (Å²) in [6.45, 7) is 0.227. The number of hydrogen-bond acceptors (Lipinski definition) is 4. The van der Waals surface area contributed by atoms with Gasteiger partial charge in [0.1, 0.15) is 5.69 Å². The Kier molecular flexibility index (Phi) is 2.81. The van der Waals surface area contributed by atoms with Crippen molar-refractivity contribution in [2.75, 3.05) is 0 Å². The molecule has 0 unspecified atom stereocenters. The highest BCUT2D eigenvalue weighted by Crippen LogP contribution is 2.17. The van der Waals surface area contributed by atoms with Gasteiger partial charge in [-0.25, -0.2) is 9.97 Å². The molecule has 0 atom stereocenters. The number of aromatic nitrogens is 3. The number of hydrogen-bond donors (Lipinski definition) is 2. The first kappa shape index (κ1) is 11.6. The molecular formula is C14H12N4O. The van der Waals surface area contributed by atoms with Crippen LogP contribution in [0.15, 0.2) is 47.3 Å². The molecule has 3 aromatic rings. The third kappa shape index (κ3) is 2.23. The fraction of sp³-hybridized carbons (Fsp3) is 0.0714. The summed E-state index contributed by atoms with van der Waals surface area (Å²) in [6.07, 6.45) is 0. The highest BCUT2D eigenvalue weighted by molar-refractivity contribution is 5.80. The Morgan fingerprint density at radius 2 is 1.95 bits per heavy atom. The van der Waals surface area contributed by atoms with Gasteiger partial charge in [-0.1, -0.05) is 24.3 Å². The van der Waals surface area contributed by atoms with Crippen LogP contribution in [0.4, 0.5) is 0 Å². The lowest BCUT2D eigenvalue weighted by atomic mass is 10.2. The van der Waals surface area contributed by atoms with Crippen molar-refractivity contribution in [3.05, 3.63) is 58.5 Å². The van der Waals surface area contributed by atoms with Gasteiger partial charge in [0.05, 0.1) is 11.2 Å². The molecule has 5 nitrogen and oxygen atoms in total. The molecule has 0 aliphatic rings. The fourth-order valence-electron chi connectivity index (χ4n) is 1.93. The van der Waals surface area contributed by atoms with Gasteiger partial charge < -0.3 is 10.7 Å². The van der Waals surface area contributed by atoms with Crippen LogP contribution in [0.2, 0.25) is 0 Å². The van der Waals surface area contributed by atoms with Crippen molar-refractivity contribution in [2.24, 2.45) is 5.73 Å². The number of benzene rings is 1. The summed E-state index contributed by atoms with van der Waals surface area (Å²) in [6, 6.07) is 13.0. The lowest BCUT2D eigenvalue weighted by Gasteiger charge is -2.04. The molecule has 94 valence electrons. The largest absolute Gasteiger partial charge is 0.325 e. The van der Waals surface area contributed by atoms with E-state index in [1.54, 1.807) is 0 Å². The van der Waals surface area contributed by atoms with Gasteiger partial charge in [-0.15, -0.1) is 0 Å². The zero-order chi connectivity index (χ0) is 13.2. The van der Waals surface area contributed by atoms with Gasteiger partial charge >= 0.3 is 0 Å². The Labute approximate surface area is 109 Å². The van der Waals surface area contributed by atoms with Gasteiger partial charge in [-0.05, 0) is 12.1 Å². The van der Waals surface area contributed by atoms with E-state index in [2.05, 4.69) is 15.0 Å². The number of nitrogens with zero attached hydrogens (tertiary/aromatic N) is 2. The second kappa shape index (κ2) is 4.62. The Hall–Kier alpha value is -2.53. The van der Waals surface area contributed by atoms with Gasteiger partial charge in [-0.3, -0.25) is 4.79 Å². The van der Waals surface area contributed by atoms with Crippen molar-refractivity contribution >= 4 is 10.9 Å². The molecule has 3 N–H and O–H groups in total. The fourth-order valence-corrected chi connectivity index (χ4v) is 1.93. The normalized spacial score (nSPS) is 10.8. The minimum Gasteiger partial charge on any atom is -0.325 e. The van der Waals surface area contributed by atoms with Gasteiger partial charge in [-0.2, -0.15) is 0 Å². The Bertz CT molecular complexity index is 795. The number of pyridine rings is 1. The monoisotopic (exact) mass is 252 g/mol. The lowest BCUT2D eigenvalue weighted by Crippen LogP contribution is -2.13. The molecule has 0 bridgehead atoms. The molecule has 5 heteroatoms. The summed E-state index contributed by atoms with van der Waals surface area (Å²) in [4.78, 5) is 23.0. The van der Waals surface area contributed by atoms with Crippen LogP contribution in [0.5, 0.6) is 0 Å². The summed E-state index contributed by atoms with van der Waals surface area (Å²) in [5.41, 5.74) is 7.34. The molecule has 2 heterocycles. The van der Waals surface area contributed by atoms with Crippen molar-refractivity contribution < 1.29 is 0 Å². The van der Waals surface area contributed by atoms with Gasteiger partial charge in [0.15, 0.2) is 5.82 Å². The third-order valence-electron chi connectivity index (χ3n) is 2.84. The molecule has 2 aromatic heterocycles. The number of rotatable bonds is 2. The highest BCUT2D eigenvalue weighted by Gasteiger charge is 2.05. The molecule has 0 fully saturated rings. The van der Waals surface area contributed by atoms with Crippen LogP contribution in [0.3, 0.4) is 0 Å². The Morgan fingerprint density at radius 3 is 2.79 bits per heavy atom. The smallest absolute Gasteiger partial charge is 0.251 e. The van der Waals surface area contributed by atoms with E-state index in [0.717, 1.165) is 10.9 Å². The van der Waals surface area contributed by atoms with E-state index in [1.807, 2.05) is 36.4 Å². The molecule has 0 spiro atoms. The second-order valence-electron chi connectivity index (χ2n) is 4.18. The Balaban J connectivity index is 2.18. The summed E-state index contributed by atoms with van der Waals surface area (Å²) < 4.78 is 0. The molecule has 19 heavy (non-hydrogen) atoms. The maximum Gasteiger partial charge on any atom is 0.251 e. The minimum atomic E-state index is -0.222. The summed E-state index contributed by atoms with van der Waals surface area (Å²) in [7, 11) is 0. The molecule has 0 saturated heterocycles. The zero-order valence-electron chi connectivity index (χ0n) is 10.1. The van der Waals surface area contributed by atoms with Crippen LogP contribution in [0.25, 0.3) is 22.4 Å². The SMILES string of the molecule is NCc1cc(=O)[nH]c(-c2ccc3ccccc3n2)n1. The van der Waals surface area contributed by atoms with Crippen LogP contribution in [0, 0.1) is 0 Å². The van der Waals surface area contributed by atoms with Crippen LogP contribution < -0.4 is 11.3 Å². The minimum absolute atomic E-state index is 0.222. The maximum absolute atomic E-state index is 11.5. The number of para-hydroxylation sites is 1. The van der Waals surface area contributed by atoms with E-state index < -0.39 is 0 Å². The predicted octanol–water partition coefficient (Wildman–Crippen LogP) is 1.44. The van der Waals surface area contributed by atoms with Crippen molar-refractivity contribution in [3.63, 3.8) is 0 Å². The first-order valence-corrected chi connectivity index (χ1v) is 5.93. The van der Waals surface area contributed by atoms with E-state index in [0.29, 0.717) is 17.2 Å². The average Bonchev–Trinajstić information content (AvgIpc) is 2.46. The summed E-state index contributed by atoms with van der Waals surface area (Å²) in [5.74, 6) is 0.443. The average molecular weight is 252 g/mol. The number of nitrogens with one attached hydrogen (secondary N) is 1. The molecule has 3 rings (SSSR count). The molecule has 0 aliphatic carbocycles. The van der Waals surface area contributed by atoms with Crippen LogP contribution in [0.1, 0.15) is 5.69 Å². The summed E-state index contributed by atoms with van der Waals surface area (Å²) in [5, 5.41) is 1.04. The molecule has 0 radical (unpaired) electrons. The second-order valence-corrected chi connectivity index (χ2v) is 4.18. The first-order chi connectivity index (χ1) is 9.26. The van der Waals surface area contributed by atoms with Gasteiger partial charge in [0, 0.05) is 18.0 Å². The molecular weight excluding hydrogens is 240 g/mol. The van der Waals surface area contributed by atoms with Gasteiger partial charge in [0.2, 0.25) is 0 Å². The van der Waals surface area contributed by atoms with E-state index in [1.165, 1.54) is 6.07 Å². The van der Waals surface area contributed by atoms with Crippen LogP contribution >= 0.6 is 0 Å². The first-order valence-electron chi connectivity index (χ1n) is 5.93. The predicted molar refractivity (Wildman–Crippen MR) is 73.5 cm³/mol. The van der Waals surface area contributed by atoms with Crippen molar-refractivity contribution in [2.45, 2.75) is 6.54 Å². The van der Waals surface area contributed by atoms with Crippen LogP contribution in [-0.2, 0) is 6.54 Å². The summed E-state index contributed by atoms with van der Waals surface area (Å²) >= 11 is 0. The van der Waals surface area contributed by atoms with Crippen LogP contribution in [-0.4, -0.2) is 15.0 Å². The zero-order valence-corrected chi connectivity index (χ0v) is 10.1. The number of aromatic amines is 1. The number of H-pyrrole nitrogens is 1. The lowest BCUT2D eigenvalue weighted by molar-refractivity contribution is 0.952. The Morgan fingerprint density at radius 1 is 1.11 bits per heavy atom. The quantitative estimate of drug-likeness (QED) is 0.722. The molecule has 0 saturated carbocycles. The van der Waals surface area contributed by atoms with E-state index in [4.69, 9.17) is 5.73 Å².